The highest BCUT2D eigenvalue weighted by molar-refractivity contribution is 7.03. The average molecular weight is 246 g/mol. The molecule has 1 atom stereocenters. The second-order valence-electron chi connectivity index (χ2n) is 4.35. The molecule has 0 fully saturated rings. The van der Waals surface area contributed by atoms with Gasteiger partial charge in [-0.25, -0.2) is 4.37 Å². The van der Waals surface area contributed by atoms with Crippen molar-refractivity contribution >= 4 is 11.5 Å². The van der Waals surface area contributed by atoms with E-state index in [0.717, 1.165) is 24.9 Å². The minimum atomic E-state index is 0.358. The molecule has 88 valence electrons. The Labute approximate surface area is 104 Å². The summed E-state index contributed by atoms with van der Waals surface area (Å²) < 4.78 is 4.09. The molecule has 0 amide bonds. The highest BCUT2D eigenvalue weighted by Crippen LogP contribution is 2.36. The zero-order chi connectivity index (χ0) is 11.7. The molecule has 4 heteroatoms. The van der Waals surface area contributed by atoms with Crippen LogP contribution < -0.4 is 5.32 Å². The Morgan fingerprint density at radius 3 is 3.24 bits per heavy atom. The highest BCUT2D eigenvalue weighted by Gasteiger charge is 2.23. The maximum Gasteiger partial charge on any atom is 0.119 e. The van der Waals surface area contributed by atoms with Crippen LogP contribution in [0.4, 0.5) is 0 Å². The highest BCUT2D eigenvalue weighted by atomic mass is 32.1. The first kappa shape index (κ1) is 10.7. The van der Waals surface area contributed by atoms with E-state index in [1.165, 1.54) is 22.7 Å². The standard InChI is InChI=1S/C13H14N2OS/c16-13-3-1-2-10-11(13)4-5-12(10)14-6-9-7-15-17-8-9/h1-3,7-8,12,14,16H,4-6H2. The van der Waals surface area contributed by atoms with Gasteiger partial charge in [0.05, 0.1) is 0 Å². The molecule has 1 heterocycles. The number of fused-ring (bicyclic) bond motifs is 1. The quantitative estimate of drug-likeness (QED) is 0.875. The predicted octanol–water partition coefficient (Wildman–Crippen LogP) is 2.63. The van der Waals surface area contributed by atoms with Gasteiger partial charge in [0.15, 0.2) is 0 Å². The van der Waals surface area contributed by atoms with Gasteiger partial charge in [0.2, 0.25) is 0 Å². The smallest absolute Gasteiger partial charge is 0.119 e. The van der Waals surface area contributed by atoms with Crippen molar-refractivity contribution in [2.75, 3.05) is 0 Å². The number of phenols is 1. The van der Waals surface area contributed by atoms with Crippen LogP contribution in [0, 0.1) is 0 Å². The lowest BCUT2D eigenvalue weighted by Crippen LogP contribution is -2.18. The fourth-order valence-corrected chi connectivity index (χ4v) is 2.94. The number of aromatic hydroxyl groups is 1. The molecule has 1 aliphatic rings. The molecule has 1 unspecified atom stereocenters. The fourth-order valence-electron chi connectivity index (χ4n) is 2.40. The van der Waals surface area contributed by atoms with E-state index in [4.69, 9.17) is 0 Å². The van der Waals surface area contributed by atoms with E-state index >= 15 is 0 Å². The SMILES string of the molecule is Oc1cccc2c1CCC2NCc1cnsc1. The van der Waals surface area contributed by atoms with Gasteiger partial charge in [-0.05, 0) is 47.1 Å². The Morgan fingerprint density at radius 2 is 2.41 bits per heavy atom. The van der Waals surface area contributed by atoms with Crippen LogP contribution >= 0.6 is 11.5 Å². The number of nitrogens with zero attached hydrogens (tertiary/aromatic N) is 1. The van der Waals surface area contributed by atoms with Crippen molar-refractivity contribution in [1.29, 1.82) is 0 Å². The van der Waals surface area contributed by atoms with Gasteiger partial charge in [-0.3, -0.25) is 0 Å². The molecule has 0 spiro atoms. The fraction of sp³-hybridized carbons (Fsp3) is 0.308. The van der Waals surface area contributed by atoms with E-state index < -0.39 is 0 Å². The summed E-state index contributed by atoms with van der Waals surface area (Å²) in [5.41, 5.74) is 3.57. The average Bonchev–Trinajstić information content (AvgIpc) is 2.95. The third kappa shape index (κ3) is 2.06. The normalized spacial score (nSPS) is 18.2. The summed E-state index contributed by atoms with van der Waals surface area (Å²) in [5.74, 6) is 0.434. The lowest BCUT2D eigenvalue weighted by atomic mass is 10.1. The van der Waals surface area contributed by atoms with Crippen LogP contribution in [0.25, 0.3) is 0 Å². The molecule has 0 bridgehead atoms. The van der Waals surface area contributed by atoms with Gasteiger partial charge in [0.25, 0.3) is 0 Å². The van der Waals surface area contributed by atoms with Crippen molar-refractivity contribution in [3.05, 3.63) is 46.5 Å². The number of nitrogens with one attached hydrogen (secondary N) is 1. The Kier molecular flexibility index (Phi) is 2.82. The summed E-state index contributed by atoms with van der Waals surface area (Å²) in [7, 11) is 0. The maximum atomic E-state index is 9.77. The van der Waals surface area contributed by atoms with E-state index in [1.54, 1.807) is 6.07 Å². The van der Waals surface area contributed by atoms with Crippen molar-refractivity contribution in [1.82, 2.24) is 9.69 Å². The predicted molar refractivity (Wildman–Crippen MR) is 68.1 cm³/mol. The Hall–Kier alpha value is -1.39. The summed E-state index contributed by atoms with van der Waals surface area (Å²) in [5, 5.41) is 15.3. The molecule has 3 nitrogen and oxygen atoms in total. The summed E-state index contributed by atoms with van der Waals surface area (Å²) in [4.78, 5) is 0. The number of aromatic nitrogens is 1. The van der Waals surface area contributed by atoms with Crippen molar-refractivity contribution < 1.29 is 5.11 Å². The minimum absolute atomic E-state index is 0.358. The Morgan fingerprint density at radius 1 is 1.47 bits per heavy atom. The van der Waals surface area contributed by atoms with Crippen molar-refractivity contribution in [3.63, 3.8) is 0 Å². The molecular weight excluding hydrogens is 232 g/mol. The Bertz CT molecular complexity index is 510. The van der Waals surface area contributed by atoms with Crippen LogP contribution in [-0.4, -0.2) is 9.48 Å². The molecule has 0 radical (unpaired) electrons. The molecule has 2 N–H and O–H groups in total. The van der Waals surface area contributed by atoms with Gasteiger partial charge in [0, 0.05) is 24.2 Å². The number of hydrogen-bond acceptors (Lipinski definition) is 4. The third-order valence-corrected chi connectivity index (χ3v) is 3.92. The lowest BCUT2D eigenvalue weighted by molar-refractivity contribution is 0.469. The van der Waals surface area contributed by atoms with Crippen LogP contribution in [0.15, 0.2) is 29.8 Å². The largest absolute Gasteiger partial charge is 0.508 e. The van der Waals surface area contributed by atoms with Gasteiger partial charge in [0.1, 0.15) is 5.75 Å². The molecule has 0 saturated heterocycles. The van der Waals surface area contributed by atoms with Gasteiger partial charge in [-0.1, -0.05) is 12.1 Å². The van der Waals surface area contributed by atoms with Gasteiger partial charge in [-0.15, -0.1) is 0 Å². The van der Waals surface area contributed by atoms with E-state index in [1.807, 2.05) is 12.3 Å². The Balaban J connectivity index is 1.73. The van der Waals surface area contributed by atoms with Crippen molar-refractivity contribution in [2.24, 2.45) is 0 Å². The van der Waals surface area contributed by atoms with Crippen LogP contribution in [0.3, 0.4) is 0 Å². The summed E-state index contributed by atoms with van der Waals surface area (Å²) in [6.45, 7) is 0.844. The van der Waals surface area contributed by atoms with Crippen LogP contribution in [0.5, 0.6) is 5.75 Å². The van der Waals surface area contributed by atoms with E-state index in [9.17, 15) is 5.11 Å². The maximum absolute atomic E-state index is 9.77. The summed E-state index contributed by atoms with van der Waals surface area (Å²) >= 11 is 1.48. The second-order valence-corrected chi connectivity index (χ2v) is 5.01. The van der Waals surface area contributed by atoms with Gasteiger partial charge < -0.3 is 10.4 Å². The number of phenolic OH excluding ortho intramolecular Hbond substituents is 1. The zero-order valence-electron chi connectivity index (χ0n) is 9.39. The van der Waals surface area contributed by atoms with Crippen LogP contribution in [0.2, 0.25) is 0 Å². The van der Waals surface area contributed by atoms with Gasteiger partial charge >= 0.3 is 0 Å². The first-order chi connectivity index (χ1) is 8.34. The van der Waals surface area contributed by atoms with E-state index in [2.05, 4.69) is 21.1 Å². The second kappa shape index (κ2) is 4.47. The van der Waals surface area contributed by atoms with Crippen molar-refractivity contribution in [3.8, 4) is 5.75 Å². The number of rotatable bonds is 3. The van der Waals surface area contributed by atoms with E-state index in [-0.39, 0.29) is 0 Å². The third-order valence-electron chi connectivity index (χ3n) is 3.28. The number of benzene rings is 1. The molecule has 1 aliphatic carbocycles. The molecule has 2 aromatic rings. The lowest BCUT2D eigenvalue weighted by Gasteiger charge is -2.13. The summed E-state index contributed by atoms with van der Waals surface area (Å²) in [6.07, 6.45) is 3.92. The molecule has 17 heavy (non-hydrogen) atoms. The molecule has 0 saturated carbocycles. The molecule has 1 aromatic heterocycles. The molecule has 3 rings (SSSR count). The topological polar surface area (TPSA) is 45.1 Å². The zero-order valence-corrected chi connectivity index (χ0v) is 10.2. The van der Waals surface area contributed by atoms with Gasteiger partial charge in [-0.2, -0.15) is 0 Å². The first-order valence-electron chi connectivity index (χ1n) is 5.77. The minimum Gasteiger partial charge on any atom is -0.508 e. The van der Waals surface area contributed by atoms with E-state index in [0.29, 0.717) is 11.8 Å². The molecule has 1 aromatic carbocycles. The monoisotopic (exact) mass is 246 g/mol. The molecular formula is C13H14N2OS. The number of hydrogen-bond donors (Lipinski definition) is 2. The first-order valence-corrected chi connectivity index (χ1v) is 6.60. The van der Waals surface area contributed by atoms with Crippen LogP contribution in [0.1, 0.15) is 29.2 Å². The molecule has 0 aliphatic heterocycles. The van der Waals surface area contributed by atoms with Crippen LogP contribution in [-0.2, 0) is 13.0 Å². The summed E-state index contributed by atoms with van der Waals surface area (Å²) in [6, 6.07) is 6.15. The van der Waals surface area contributed by atoms with Crippen molar-refractivity contribution in [2.45, 2.75) is 25.4 Å².